The maximum absolute atomic E-state index is 6.13. The van der Waals surface area contributed by atoms with Gasteiger partial charge in [-0.3, -0.25) is 4.99 Å². The van der Waals surface area contributed by atoms with E-state index in [1.54, 1.807) is 0 Å². The van der Waals surface area contributed by atoms with Crippen molar-refractivity contribution >= 4 is 5.96 Å². The molecule has 2 fully saturated rings. The van der Waals surface area contributed by atoms with Gasteiger partial charge in [-0.25, -0.2) is 0 Å². The Morgan fingerprint density at radius 1 is 0.968 bits per heavy atom. The number of para-hydroxylation sites is 1. The molecule has 0 saturated carbocycles. The zero-order chi connectivity index (χ0) is 21.3. The van der Waals surface area contributed by atoms with Crippen LogP contribution in [0.2, 0.25) is 0 Å². The average Bonchev–Trinajstić information content (AvgIpc) is 3.28. The number of nitrogens with one attached hydrogen (secondary N) is 1. The van der Waals surface area contributed by atoms with E-state index in [4.69, 9.17) is 4.74 Å². The number of aliphatic imine (C=N–C) groups is 1. The highest BCUT2D eigenvalue weighted by Crippen LogP contribution is 2.19. The van der Waals surface area contributed by atoms with Crippen molar-refractivity contribution in [2.24, 2.45) is 10.9 Å². The first kappa shape index (κ1) is 21.7. The minimum absolute atomic E-state index is 0.296. The second kappa shape index (κ2) is 11.2. The number of piperidine rings is 1. The molecule has 1 N–H and O–H groups in total. The average molecular weight is 421 g/mol. The number of benzene rings is 2. The van der Waals surface area contributed by atoms with Crippen molar-refractivity contribution in [3.8, 4) is 5.75 Å². The van der Waals surface area contributed by atoms with Crippen LogP contribution in [-0.2, 0) is 6.42 Å². The quantitative estimate of drug-likeness (QED) is 0.548. The van der Waals surface area contributed by atoms with Crippen LogP contribution in [0.5, 0.6) is 5.75 Å². The Hall–Kier alpha value is -2.53. The summed E-state index contributed by atoms with van der Waals surface area (Å²) in [6.07, 6.45) is 4.78. The second-order valence-corrected chi connectivity index (χ2v) is 8.74. The van der Waals surface area contributed by atoms with Crippen LogP contribution in [0.4, 0.5) is 0 Å². The van der Waals surface area contributed by atoms with Crippen LogP contribution in [0.3, 0.4) is 0 Å². The molecule has 0 aliphatic carbocycles. The Morgan fingerprint density at radius 3 is 2.39 bits per heavy atom. The van der Waals surface area contributed by atoms with Crippen molar-refractivity contribution in [3.05, 3.63) is 66.2 Å². The van der Waals surface area contributed by atoms with E-state index in [-0.39, 0.29) is 0 Å². The molecule has 2 aliphatic rings. The summed E-state index contributed by atoms with van der Waals surface area (Å²) in [5.41, 5.74) is 1.43. The third-order valence-corrected chi connectivity index (χ3v) is 6.48. The van der Waals surface area contributed by atoms with Gasteiger partial charge in [-0.2, -0.15) is 0 Å². The van der Waals surface area contributed by atoms with Gasteiger partial charge in [0.05, 0.1) is 0 Å². The molecule has 5 heteroatoms. The molecule has 0 amide bonds. The van der Waals surface area contributed by atoms with E-state index in [2.05, 4.69) is 50.4 Å². The molecule has 1 atom stereocenters. The highest BCUT2D eigenvalue weighted by atomic mass is 16.5. The molecule has 4 rings (SSSR count). The van der Waals surface area contributed by atoms with Gasteiger partial charge in [0.1, 0.15) is 11.9 Å². The number of hydrogen-bond acceptors (Lipinski definition) is 3. The largest absolute Gasteiger partial charge is 0.490 e. The van der Waals surface area contributed by atoms with Gasteiger partial charge in [-0.1, -0.05) is 48.5 Å². The normalized spacial score (nSPS) is 20.7. The molecule has 31 heavy (non-hydrogen) atoms. The molecule has 1 unspecified atom stereocenters. The van der Waals surface area contributed by atoms with Gasteiger partial charge in [-0.15, -0.1) is 0 Å². The predicted molar refractivity (Wildman–Crippen MR) is 128 cm³/mol. The number of hydrogen-bond donors (Lipinski definition) is 1. The lowest BCUT2D eigenvalue weighted by molar-refractivity contribution is 0.129. The van der Waals surface area contributed by atoms with Crippen LogP contribution in [0.1, 0.15) is 24.8 Å². The predicted octanol–water partition coefficient (Wildman–Crippen LogP) is 3.67. The maximum Gasteiger partial charge on any atom is 0.193 e. The first-order chi connectivity index (χ1) is 15.3. The molecule has 0 spiro atoms. The molecule has 2 heterocycles. The molecule has 166 valence electrons. The van der Waals surface area contributed by atoms with E-state index in [0.29, 0.717) is 12.0 Å². The minimum Gasteiger partial charge on any atom is -0.490 e. The summed E-state index contributed by atoms with van der Waals surface area (Å²) >= 11 is 0. The second-order valence-electron chi connectivity index (χ2n) is 8.74. The summed E-state index contributed by atoms with van der Waals surface area (Å²) in [6, 6.07) is 21.0. The topological polar surface area (TPSA) is 40.1 Å². The first-order valence-corrected chi connectivity index (χ1v) is 11.7. The molecule has 2 aromatic rings. The van der Waals surface area contributed by atoms with Gasteiger partial charge in [0.25, 0.3) is 0 Å². The smallest absolute Gasteiger partial charge is 0.193 e. The Balaban J connectivity index is 1.16. The minimum atomic E-state index is 0.296. The van der Waals surface area contributed by atoms with Gasteiger partial charge in [0.2, 0.25) is 0 Å². The fraction of sp³-hybridized carbons (Fsp3) is 0.500. The molecule has 2 saturated heterocycles. The molecule has 5 nitrogen and oxygen atoms in total. The fourth-order valence-corrected chi connectivity index (χ4v) is 4.66. The van der Waals surface area contributed by atoms with Gasteiger partial charge >= 0.3 is 0 Å². The lowest BCUT2D eigenvalue weighted by Gasteiger charge is -2.34. The number of nitrogens with zero attached hydrogens (tertiary/aromatic N) is 3. The standard InChI is InChI=1S/C26H36N4O/c1-27-26(30-18-14-25(15-19-30)31-24-10-6-3-7-11-24)28-20-23-13-17-29(21-23)16-12-22-8-4-2-5-9-22/h2-11,23,25H,12-21H2,1H3,(H,27,28). The summed E-state index contributed by atoms with van der Waals surface area (Å²) in [6.45, 7) is 6.54. The van der Waals surface area contributed by atoms with Crippen LogP contribution in [0, 0.1) is 5.92 Å². The van der Waals surface area contributed by atoms with E-state index < -0.39 is 0 Å². The Kier molecular flexibility index (Phi) is 7.83. The van der Waals surface area contributed by atoms with Crippen molar-refractivity contribution in [2.45, 2.75) is 31.8 Å². The molecular formula is C26H36N4O. The van der Waals surface area contributed by atoms with Crippen LogP contribution in [0.25, 0.3) is 0 Å². The summed E-state index contributed by atoms with van der Waals surface area (Å²) in [5, 5.41) is 3.65. The van der Waals surface area contributed by atoms with Crippen molar-refractivity contribution < 1.29 is 4.74 Å². The molecular weight excluding hydrogens is 384 g/mol. The van der Waals surface area contributed by atoms with E-state index in [0.717, 1.165) is 57.2 Å². The maximum atomic E-state index is 6.13. The Labute approximate surface area is 187 Å². The number of ether oxygens (including phenoxy) is 1. The molecule has 0 bridgehead atoms. The van der Waals surface area contributed by atoms with Crippen LogP contribution >= 0.6 is 0 Å². The third kappa shape index (κ3) is 6.47. The van der Waals surface area contributed by atoms with Crippen molar-refractivity contribution in [3.63, 3.8) is 0 Å². The van der Waals surface area contributed by atoms with Crippen molar-refractivity contribution in [1.29, 1.82) is 0 Å². The molecule has 0 aromatic heterocycles. The summed E-state index contributed by atoms with van der Waals surface area (Å²) in [5.74, 6) is 2.72. The van der Waals surface area contributed by atoms with E-state index in [1.165, 1.54) is 25.1 Å². The fourth-order valence-electron chi connectivity index (χ4n) is 4.66. The number of guanidine groups is 1. The third-order valence-electron chi connectivity index (χ3n) is 6.48. The lowest BCUT2D eigenvalue weighted by Crippen LogP contribution is -2.48. The molecule has 2 aliphatic heterocycles. The van der Waals surface area contributed by atoms with Gasteiger partial charge in [0.15, 0.2) is 5.96 Å². The van der Waals surface area contributed by atoms with E-state index >= 15 is 0 Å². The molecule has 2 aromatic carbocycles. The van der Waals surface area contributed by atoms with Gasteiger partial charge in [0, 0.05) is 52.6 Å². The Bertz CT molecular complexity index is 803. The number of likely N-dealkylation sites (tertiary alicyclic amines) is 2. The lowest BCUT2D eigenvalue weighted by atomic mass is 10.1. The highest BCUT2D eigenvalue weighted by molar-refractivity contribution is 5.80. The van der Waals surface area contributed by atoms with E-state index in [1.807, 2.05) is 37.4 Å². The highest BCUT2D eigenvalue weighted by Gasteiger charge is 2.25. The van der Waals surface area contributed by atoms with Gasteiger partial charge < -0.3 is 19.9 Å². The molecule has 0 radical (unpaired) electrons. The van der Waals surface area contributed by atoms with Crippen molar-refractivity contribution in [1.82, 2.24) is 15.1 Å². The van der Waals surface area contributed by atoms with E-state index in [9.17, 15) is 0 Å². The van der Waals surface area contributed by atoms with Crippen LogP contribution in [-0.4, -0.2) is 68.2 Å². The van der Waals surface area contributed by atoms with Gasteiger partial charge in [-0.05, 0) is 43.0 Å². The van der Waals surface area contributed by atoms with Crippen LogP contribution < -0.4 is 10.1 Å². The zero-order valence-electron chi connectivity index (χ0n) is 18.7. The first-order valence-electron chi connectivity index (χ1n) is 11.7. The zero-order valence-corrected chi connectivity index (χ0v) is 18.7. The SMILES string of the molecule is CN=C(NCC1CCN(CCc2ccccc2)C1)N1CCC(Oc2ccccc2)CC1. The monoisotopic (exact) mass is 420 g/mol. The summed E-state index contributed by atoms with van der Waals surface area (Å²) in [4.78, 5) is 9.54. The van der Waals surface area contributed by atoms with Crippen molar-refractivity contribution in [2.75, 3.05) is 46.3 Å². The summed E-state index contributed by atoms with van der Waals surface area (Å²) in [7, 11) is 1.90. The summed E-state index contributed by atoms with van der Waals surface area (Å²) < 4.78 is 6.13. The Morgan fingerprint density at radius 2 is 1.68 bits per heavy atom. The number of rotatable bonds is 7. The van der Waals surface area contributed by atoms with Crippen LogP contribution in [0.15, 0.2) is 65.7 Å².